The second-order valence-corrected chi connectivity index (χ2v) is 19.3. The maximum Gasteiger partial charge on any atom is 0.125 e. The molecule has 4 heteroatoms. The molecule has 1 aliphatic heterocycles. The summed E-state index contributed by atoms with van der Waals surface area (Å²) in [5.74, 6) is 1.15. The molecule has 3 atom stereocenters. The van der Waals surface area contributed by atoms with Crippen molar-refractivity contribution < 1.29 is 0 Å². The van der Waals surface area contributed by atoms with Crippen LogP contribution in [-0.4, -0.2) is 22.7 Å². The van der Waals surface area contributed by atoms with Crippen LogP contribution in [0.1, 0.15) is 94.9 Å². The van der Waals surface area contributed by atoms with Gasteiger partial charge in [0.15, 0.2) is 0 Å². The van der Waals surface area contributed by atoms with Crippen LogP contribution < -0.4 is 10.6 Å². The Hall–Kier alpha value is -5.97. The van der Waals surface area contributed by atoms with Gasteiger partial charge in [-0.1, -0.05) is 155 Å². The van der Waals surface area contributed by atoms with Gasteiger partial charge < -0.3 is 9.88 Å². The predicted octanol–water partition coefficient (Wildman–Crippen LogP) is 13.6. The molecule has 0 amide bonds. The highest BCUT2D eigenvalue weighted by atomic mass is 15.3. The van der Waals surface area contributed by atoms with Crippen LogP contribution in [-0.2, 0) is 10.8 Å². The predicted molar refractivity (Wildman–Crippen MR) is 259 cm³/mol. The average molecular weight is 797 g/mol. The second kappa shape index (κ2) is 14.9. The van der Waals surface area contributed by atoms with Gasteiger partial charge in [0.2, 0.25) is 0 Å². The van der Waals surface area contributed by atoms with E-state index in [1.54, 1.807) is 0 Å². The number of fused-ring (bicyclic) bond motifs is 6. The molecule has 1 aromatic heterocycles. The highest BCUT2D eigenvalue weighted by Crippen LogP contribution is 2.49. The zero-order valence-electron chi connectivity index (χ0n) is 36.0. The van der Waals surface area contributed by atoms with Gasteiger partial charge in [-0.05, 0) is 135 Å². The summed E-state index contributed by atoms with van der Waals surface area (Å²) in [6, 6.07) is 40.5. The van der Waals surface area contributed by atoms with Gasteiger partial charge in [0.05, 0.1) is 11.0 Å². The lowest BCUT2D eigenvalue weighted by Gasteiger charge is -2.42. The van der Waals surface area contributed by atoms with Gasteiger partial charge in [-0.25, -0.2) is 4.99 Å². The number of benzene rings is 5. The lowest BCUT2D eigenvalue weighted by atomic mass is 9.63. The summed E-state index contributed by atoms with van der Waals surface area (Å²) in [5.41, 5.74) is 15.0. The highest BCUT2D eigenvalue weighted by Gasteiger charge is 2.38. The van der Waals surface area contributed by atoms with Crippen molar-refractivity contribution in [2.75, 3.05) is 0 Å². The van der Waals surface area contributed by atoms with E-state index in [0.717, 1.165) is 37.9 Å². The fourth-order valence-corrected chi connectivity index (χ4v) is 10.9. The van der Waals surface area contributed by atoms with Crippen LogP contribution in [0.3, 0.4) is 0 Å². The molecule has 6 aromatic rings. The SMILES string of the molecule is CC1(C)CCC(C)(C)c2cc3c(cc21)c1c2ccccc2ccc1n3C1=CC(C2NC(C3C=C(c4ccccc4)C=C(c4ccccc4)C3)=NC(C3=CC=CCC3)N2)=CCC1. The van der Waals surface area contributed by atoms with Gasteiger partial charge in [0, 0.05) is 22.4 Å². The van der Waals surface area contributed by atoms with Crippen molar-refractivity contribution in [3.8, 4) is 0 Å². The average Bonchev–Trinajstić information content (AvgIpc) is 3.65. The molecular weight excluding hydrogens is 741 g/mol. The summed E-state index contributed by atoms with van der Waals surface area (Å²) in [4.78, 5) is 5.54. The van der Waals surface area contributed by atoms with E-state index in [-0.39, 0.29) is 29.1 Å². The van der Waals surface area contributed by atoms with Crippen LogP contribution in [0, 0.1) is 5.92 Å². The van der Waals surface area contributed by atoms with Crippen molar-refractivity contribution in [3.05, 3.63) is 185 Å². The van der Waals surface area contributed by atoms with Gasteiger partial charge in [-0.3, -0.25) is 5.32 Å². The van der Waals surface area contributed by atoms with Crippen LogP contribution in [0.25, 0.3) is 49.4 Å². The largest absolute Gasteiger partial charge is 0.354 e. The quantitative estimate of drug-likeness (QED) is 0.176. The Morgan fingerprint density at radius 1 is 0.705 bits per heavy atom. The molecule has 0 saturated carbocycles. The summed E-state index contributed by atoms with van der Waals surface area (Å²) in [7, 11) is 0. The molecule has 0 fully saturated rings. The van der Waals surface area contributed by atoms with Crippen molar-refractivity contribution in [1.82, 2.24) is 15.2 Å². The van der Waals surface area contributed by atoms with E-state index in [2.05, 4.69) is 195 Å². The van der Waals surface area contributed by atoms with Gasteiger partial charge >= 0.3 is 0 Å². The number of hydrogen-bond donors (Lipinski definition) is 2. The van der Waals surface area contributed by atoms with E-state index >= 15 is 0 Å². The van der Waals surface area contributed by atoms with Crippen LogP contribution in [0.4, 0.5) is 0 Å². The number of aromatic nitrogens is 1. The molecular formula is C57H56N4. The van der Waals surface area contributed by atoms with Gasteiger partial charge in [0.25, 0.3) is 0 Å². The molecule has 304 valence electrons. The molecule has 5 aromatic carbocycles. The summed E-state index contributed by atoms with van der Waals surface area (Å²) in [6.45, 7) is 9.80. The minimum atomic E-state index is -0.109. The zero-order chi connectivity index (χ0) is 41.3. The first-order valence-corrected chi connectivity index (χ1v) is 22.6. The third-order valence-corrected chi connectivity index (χ3v) is 14.4. The third-order valence-electron chi connectivity index (χ3n) is 14.4. The Labute approximate surface area is 360 Å². The molecule has 4 aliphatic carbocycles. The fraction of sp³-hybridized carbons (Fsp3) is 0.281. The van der Waals surface area contributed by atoms with E-state index < -0.39 is 0 Å². The number of hydrogen-bond acceptors (Lipinski definition) is 3. The molecule has 0 saturated heterocycles. The summed E-state index contributed by atoms with van der Waals surface area (Å²) >= 11 is 0. The number of allylic oxidation sites excluding steroid dienone is 8. The molecule has 2 heterocycles. The molecule has 0 spiro atoms. The van der Waals surface area contributed by atoms with E-state index in [0.29, 0.717) is 0 Å². The van der Waals surface area contributed by atoms with Crippen LogP contribution in [0.2, 0.25) is 0 Å². The number of aliphatic imine (C=N–C) groups is 1. The molecule has 3 unspecified atom stereocenters. The second-order valence-electron chi connectivity index (χ2n) is 19.3. The summed E-state index contributed by atoms with van der Waals surface area (Å²) in [6.07, 6.45) is 23.6. The van der Waals surface area contributed by atoms with E-state index in [4.69, 9.17) is 4.99 Å². The zero-order valence-corrected chi connectivity index (χ0v) is 36.0. The van der Waals surface area contributed by atoms with Crippen molar-refractivity contribution in [2.24, 2.45) is 10.9 Å². The van der Waals surface area contributed by atoms with E-state index in [1.165, 1.54) is 95.7 Å². The molecule has 4 nitrogen and oxygen atoms in total. The number of rotatable bonds is 6. The molecule has 0 bridgehead atoms. The maximum atomic E-state index is 5.54. The standard InChI is InChI=1S/C57H56N4/c1-56(2)29-30-57(3,4)49-36-51-47(35-48(49)56)52-46-26-15-14-21-39(46)27-28-50(52)61(51)45-25-16-24-41(34-45)54-58-53(40-22-12-7-13-23-40)59-55(60-54)44-32-42(37-17-8-5-9-18-37)31-43(33-44)38-19-10-6-11-20-38/h5-12,14-15,17-22,24,26-28,31-32,34-36,44,53-54,58H,13,16,23,25,29-30,33H2,1-4H3,(H,59,60). The minimum Gasteiger partial charge on any atom is -0.354 e. The molecule has 2 N–H and O–H groups in total. The maximum absolute atomic E-state index is 5.54. The molecule has 5 aliphatic rings. The number of nitrogens with zero attached hydrogens (tertiary/aromatic N) is 2. The Morgan fingerprint density at radius 3 is 2.21 bits per heavy atom. The topological polar surface area (TPSA) is 41.4 Å². The summed E-state index contributed by atoms with van der Waals surface area (Å²) < 4.78 is 2.62. The van der Waals surface area contributed by atoms with Gasteiger partial charge in [0.1, 0.15) is 18.2 Å². The van der Waals surface area contributed by atoms with Crippen molar-refractivity contribution in [2.45, 2.75) is 95.8 Å². The van der Waals surface area contributed by atoms with Crippen molar-refractivity contribution in [3.63, 3.8) is 0 Å². The fourth-order valence-electron chi connectivity index (χ4n) is 10.9. The lowest BCUT2D eigenvalue weighted by Crippen LogP contribution is -2.57. The first-order valence-electron chi connectivity index (χ1n) is 22.6. The Morgan fingerprint density at radius 2 is 1.44 bits per heavy atom. The van der Waals surface area contributed by atoms with Crippen LogP contribution in [0.5, 0.6) is 0 Å². The minimum absolute atomic E-state index is 0.0966. The highest BCUT2D eigenvalue weighted by molar-refractivity contribution is 6.22. The smallest absolute Gasteiger partial charge is 0.125 e. The molecule has 61 heavy (non-hydrogen) atoms. The lowest BCUT2D eigenvalue weighted by molar-refractivity contribution is 0.332. The Balaban J connectivity index is 1.03. The third kappa shape index (κ3) is 6.77. The van der Waals surface area contributed by atoms with E-state index in [9.17, 15) is 0 Å². The first-order chi connectivity index (χ1) is 29.7. The van der Waals surface area contributed by atoms with E-state index in [1.807, 2.05) is 0 Å². The monoisotopic (exact) mass is 796 g/mol. The molecule has 11 rings (SSSR count). The van der Waals surface area contributed by atoms with Crippen molar-refractivity contribution >= 4 is 55.3 Å². The first kappa shape index (κ1) is 38.0. The Kier molecular flexibility index (Phi) is 9.27. The van der Waals surface area contributed by atoms with Crippen LogP contribution >= 0.6 is 0 Å². The van der Waals surface area contributed by atoms with Crippen LogP contribution in [0.15, 0.2) is 168 Å². The summed E-state index contributed by atoms with van der Waals surface area (Å²) in [5, 5.41) is 13.4. The normalized spacial score (nSPS) is 23.3. The van der Waals surface area contributed by atoms with Gasteiger partial charge in [-0.15, -0.1) is 0 Å². The number of nitrogens with one attached hydrogen (secondary N) is 2. The van der Waals surface area contributed by atoms with Gasteiger partial charge in [-0.2, -0.15) is 0 Å². The Bertz CT molecular complexity index is 2940. The number of amidine groups is 1. The van der Waals surface area contributed by atoms with Crippen molar-refractivity contribution in [1.29, 1.82) is 0 Å². The molecule has 0 radical (unpaired) electrons.